The van der Waals surface area contributed by atoms with Crippen LogP contribution >= 0.6 is 11.6 Å². The van der Waals surface area contributed by atoms with Crippen LogP contribution in [0.2, 0.25) is 5.02 Å². The van der Waals surface area contributed by atoms with Crippen LogP contribution in [0.5, 0.6) is 5.75 Å². The molecule has 0 aromatic heterocycles. The Morgan fingerprint density at radius 3 is 2.38 bits per heavy atom. The maximum absolute atomic E-state index is 12.1. The smallest absolute Gasteiger partial charge is 0.387 e. The molecule has 0 saturated heterocycles. The first-order valence-corrected chi connectivity index (χ1v) is 9.24. The van der Waals surface area contributed by atoms with E-state index in [9.17, 15) is 18.4 Å². The minimum atomic E-state index is -2.86. The van der Waals surface area contributed by atoms with Crippen molar-refractivity contribution in [3.63, 3.8) is 0 Å². The third kappa shape index (κ3) is 8.45. The highest BCUT2D eigenvalue weighted by Crippen LogP contribution is 2.20. The molecule has 9 heteroatoms. The van der Waals surface area contributed by atoms with Crippen LogP contribution in [0.1, 0.15) is 5.56 Å². The zero-order valence-electron chi connectivity index (χ0n) is 15.8. The molecule has 0 fully saturated rings. The van der Waals surface area contributed by atoms with Crippen LogP contribution in [0.15, 0.2) is 48.5 Å². The second kappa shape index (κ2) is 11.3. The third-order valence-corrected chi connectivity index (χ3v) is 4.19. The maximum atomic E-state index is 12.1. The van der Waals surface area contributed by atoms with Gasteiger partial charge in [0, 0.05) is 6.54 Å². The van der Waals surface area contributed by atoms with E-state index in [1.54, 1.807) is 48.3 Å². The predicted octanol–water partition coefficient (Wildman–Crippen LogP) is 3.17. The van der Waals surface area contributed by atoms with Crippen molar-refractivity contribution in [1.82, 2.24) is 10.2 Å². The van der Waals surface area contributed by atoms with Gasteiger partial charge in [0.15, 0.2) is 0 Å². The Labute approximate surface area is 172 Å². The normalized spacial score (nSPS) is 10.8. The number of nitrogens with one attached hydrogen (secondary N) is 2. The summed E-state index contributed by atoms with van der Waals surface area (Å²) in [6, 6.07) is 13.1. The number of alkyl halides is 2. The molecular formula is C20H22ClF2N3O3. The van der Waals surface area contributed by atoms with Gasteiger partial charge in [0.05, 0.1) is 23.8 Å². The topological polar surface area (TPSA) is 70.7 Å². The molecule has 2 aromatic carbocycles. The predicted molar refractivity (Wildman–Crippen MR) is 107 cm³/mol. The molecule has 0 bridgehead atoms. The molecule has 2 amide bonds. The van der Waals surface area contributed by atoms with Crippen LogP contribution < -0.4 is 15.4 Å². The molecule has 0 aliphatic heterocycles. The fourth-order valence-corrected chi connectivity index (χ4v) is 2.72. The quantitative estimate of drug-likeness (QED) is 0.613. The Morgan fingerprint density at radius 1 is 1.07 bits per heavy atom. The van der Waals surface area contributed by atoms with Gasteiger partial charge in [-0.2, -0.15) is 8.78 Å². The summed E-state index contributed by atoms with van der Waals surface area (Å²) in [5, 5.41) is 5.89. The van der Waals surface area contributed by atoms with Gasteiger partial charge in [-0.05, 0) is 43.3 Å². The molecule has 2 rings (SSSR count). The minimum absolute atomic E-state index is 0.0320. The number of likely N-dealkylation sites (N-methyl/N-ethyl adjacent to an activating group) is 1. The molecule has 0 saturated carbocycles. The monoisotopic (exact) mass is 425 g/mol. The van der Waals surface area contributed by atoms with Crippen LogP contribution in [0, 0.1) is 0 Å². The number of para-hydroxylation sites is 1. The van der Waals surface area contributed by atoms with Crippen molar-refractivity contribution in [2.45, 2.75) is 13.0 Å². The molecule has 2 N–H and O–H groups in total. The molecule has 6 nitrogen and oxygen atoms in total. The zero-order chi connectivity index (χ0) is 21.2. The summed E-state index contributed by atoms with van der Waals surface area (Å²) in [7, 11) is 1.66. The Kier molecular flexibility index (Phi) is 8.82. The van der Waals surface area contributed by atoms with E-state index in [1.165, 1.54) is 12.1 Å². The summed E-state index contributed by atoms with van der Waals surface area (Å²) < 4.78 is 28.5. The number of hydrogen-bond acceptors (Lipinski definition) is 4. The highest BCUT2D eigenvalue weighted by atomic mass is 35.5. The Balaban J connectivity index is 1.67. The number of ether oxygens (including phenoxy) is 1. The summed E-state index contributed by atoms with van der Waals surface area (Å²) in [4.78, 5) is 25.6. The number of benzene rings is 2. The van der Waals surface area contributed by atoms with Crippen molar-refractivity contribution in [3.8, 4) is 5.75 Å². The minimum Gasteiger partial charge on any atom is -0.435 e. The van der Waals surface area contributed by atoms with Crippen LogP contribution in [0.4, 0.5) is 14.5 Å². The molecule has 29 heavy (non-hydrogen) atoms. The van der Waals surface area contributed by atoms with Crippen LogP contribution in [0.3, 0.4) is 0 Å². The number of amides is 2. The average Bonchev–Trinajstić information content (AvgIpc) is 2.64. The Hall–Kier alpha value is -2.71. The van der Waals surface area contributed by atoms with E-state index >= 15 is 0 Å². The molecule has 2 aromatic rings. The van der Waals surface area contributed by atoms with Gasteiger partial charge in [-0.1, -0.05) is 35.9 Å². The van der Waals surface area contributed by atoms with Gasteiger partial charge >= 0.3 is 6.61 Å². The summed E-state index contributed by atoms with van der Waals surface area (Å²) in [5.41, 5.74) is 1.39. The van der Waals surface area contributed by atoms with Crippen molar-refractivity contribution >= 4 is 29.1 Å². The van der Waals surface area contributed by atoms with Crippen molar-refractivity contribution in [1.29, 1.82) is 0 Å². The van der Waals surface area contributed by atoms with Crippen molar-refractivity contribution in [2.24, 2.45) is 0 Å². The standard InChI is InChI=1S/C20H22ClF2N3O3/c1-26(13-19(28)25-17-5-3-2-4-16(17)21)12-18(27)24-11-10-14-6-8-15(9-7-14)29-20(22)23/h2-9,20H,10-13H2,1H3,(H,24,27)(H,25,28). The van der Waals surface area contributed by atoms with E-state index in [0.717, 1.165) is 5.56 Å². The van der Waals surface area contributed by atoms with Gasteiger partial charge in [-0.3, -0.25) is 14.5 Å². The largest absolute Gasteiger partial charge is 0.435 e. The summed E-state index contributed by atoms with van der Waals surface area (Å²) in [6.07, 6.45) is 0.539. The van der Waals surface area contributed by atoms with Crippen molar-refractivity contribution < 1.29 is 23.1 Å². The van der Waals surface area contributed by atoms with Crippen LogP contribution in [-0.4, -0.2) is 50.0 Å². The fraction of sp³-hybridized carbons (Fsp3) is 0.300. The lowest BCUT2D eigenvalue weighted by molar-refractivity contribution is -0.122. The summed E-state index contributed by atoms with van der Waals surface area (Å²) in [6.45, 7) is -2.39. The second-order valence-electron chi connectivity index (χ2n) is 6.32. The van der Waals surface area contributed by atoms with E-state index in [-0.39, 0.29) is 30.7 Å². The van der Waals surface area contributed by atoms with E-state index in [4.69, 9.17) is 11.6 Å². The van der Waals surface area contributed by atoms with Crippen molar-refractivity contribution in [3.05, 3.63) is 59.1 Å². The lowest BCUT2D eigenvalue weighted by atomic mass is 10.1. The fourth-order valence-electron chi connectivity index (χ4n) is 2.54. The molecule has 0 atom stereocenters. The molecule has 0 unspecified atom stereocenters. The number of carbonyl (C=O) groups excluding carboxylic acids is 2. The summed E-state index contributed by atoms with van der Waals surface area (Å²) >= 11 is 5.99. The van der Waals surface area contributed by atoms with Gasteiger partial charge in [-0.25, -0.2) is 0 Å². The molecule has 0 aliphatic carbocycles. The molecular weight excluding hydrogens is 404 g/mol. The van der Waals surface area contributed by atoms with E-state index in [1.807, 2.05) is 0 Å². The number of nitrogens with zero attached hydrogens (tertiary/aromatic N) is 1. The number of hydrogen-bond donors (Lipinski definition) is 2. The van der Waals surface area contributed by atoms with Crippen molar-refractivity contribution in [2.75, 3.05) is 32.0 Å². The Morgan fingerprint density at radius 2 is 1.72 bits per heavy atom. The highest BCUT2D eigenvalue weighted by Gasteiger charge is 2.12. The molecule has 156 valence electrons. The van der Waals surface area contributed by atoms with E-state index in [2.05, 4.69) is 15.4 Å². The number of halogens is 3. The number of anilines is 1. The molecule has 0 heterocycles. The maximum Gasteiger partial charge on any atom is 0.387 e. The summed E-state index contributed by atoms with van der Waals surface area (Å²) in [5.74, 6) is -0.417. The molecule has 0 radical (unpaired) electrons. The van der Waals surface area contributed by atoms with Gasteiger partial charge in [0.2, 0.25) is 11.8 Å². The van der Waals surface area contributed by atoms with Crippen LogP contribution in [-0.2, 0) is 16.0 Å². The molecule has 0 spiro atoms. The first kappa shape index (κ1) is 22.6. The lowest BCUT2D eigenvalue weighted by Gasteiger charge is -2.16. The average molecular weight is 426 g/mol. The molecule has 0 aliphatic rings. The first-order valence-electron chi connectivity index (χ1n) is 8.87. The van der Waals surface area contributed by atoms with Gasteiger partial charge in [0.25, 0.3) is 0 Å². The first-order chi connectivity index (χ1) is 13.8. The number of rotatable bonds is 10. The highest BCUT2D eigenvalue weighted by molar-refractivity contribution is 6.33. The second-order valence-corrected chi connectivity index (χ2v) is 6.73. The zero-order valence-corrected chi connectivity index (χ0v) is 16.6. The SMILES string of the molecule is CN(CC(=O)NCCc1ccc(OC(F)F)cc1)CC(=O)Nc1ccccc1Cl. The van der Waals surface area contributed by atoms with Gasteiger partial charge in [0.1, 0.15) is 5.75 Å². The Bertz CT molecular complexity index is 819. The lowest BCUT2D eigenvalue weighted by Crippen LogP contribution is -2.39. The van der Waals surface area contributed by atoms with E-state index < -0.39 is 6.61 Å². The number of carbonyl (C=O) groups is 2. The van der Waals surface area contributed by atoms with Gasteiger partial charge in [-0.15, -0.1) is 0 Å². The van der Waals surface area contributed by atoms with E-state index in [0.29, 0.717) is 23.7 Å². The third-order valence-electron chi connectivity index (χ3n) is 3.86. The van der Waals surface area contributed by atoms with Crippen LogP contribution in [0.25, 0.3) is 0 Å². The van der Waals surface area contributed by atoms with Gasteiger partial charge < -0.3 is 15.4 Å².